The smallest absolute Gasteiger partial charge is 0.211 e. The number of H-pyrrole nitrogens is 1. The number of nitrogens with one attached hydrogen (secondary N) is 2. The van der Waals surface area contributed by atoms with E-state index in [1.54, 1.807) is 18.4 Å². The number of aryl methyl sites for hydroxylation is 1. The Morgan fingerprint density at radius 1 is 1.28 bits per heavy atom. The maximum atomic E-state index is 5.47. The van der Waals surface area contributed by atoms with Gasteiger partial charge in [0.15, 0.2) is 5.65 Å². The third kappa shape index (κ3) is 3.03. The summed E-state index contributed by atoms with van der Waals surface area (Å²) in [6.45, 7) is 5.75. The van der Waals surface area contributed by atoms with Crippen molar-refractivity contribution >= 4 is 55.6 Å². The molecule has 9 heteroatoms. The summed E-state index contributed by atoms with van der Waals surface area (Å²) in [6, 6.07) is 0. The molecule has 0 radical (unpaired) electrons. The molecule has 152 valence electrons. The predicted molar refractivity (Wildman–Crippen MR) is 120 cm³/mol. The van der Waals surface area contributed by atoms with E-state index in [0.717, 1.165) is 40.0 Å². The molecular weight excluding hydrogens is 404 g/mol. The summed E-state index contributed by atoms with van der Waals surface area (Å²) >= 11 is 7.14. The van der Waals surface area contributed by atoms with Crippen molar-refractivity contribution < 1.29 is 4.74 Å². The quantitative estimate of drug-likeness (QED) is 0.352. The molecule has 0 saturated heterocycles. The topological polar surface area (TPSA) is 80.1 Å². The second kappa shape index (κ2) is 7.30. The molecule has 0 aromatic carbocycles. The highest BCUT2D eigenvalue weighted by Crippen LogP contribution is 2.41. The summed E-state index contributed by atoms with van der Waals surface area (Å²) in [7, 11) is 1.69. The Bertz CT molecular complexity index is 1290. The van der Waals surface area contributed by atoms with Gasteiger partial charge >= 0.3 is 0 Å². The number of pyridine rings is 1. The second-order valence-corrected chi connectivity index (χ2v) is 9.36. The van der Waals surface area contributed by atoms with Gasteiger partial charge in [-0.1, -0.05) is 13.8 Å². The fraction of sp³-hybridized carbons (Fsp3) is 0.500. The molecule has 0 unspecified atom stereocenters. The van der Waals surface area contributed by atoms with Crippen LogP contribution in [0.5, 0.6) is 0 Å². The van der Waals surface area contributed by atoms with Crippen molar-refractivity contribution in [3.63, 3.8) is 0 Å². The zero-order chi connectivity index (χ0) is 20.1. The maximum absolute atomic E-state index is 5.47. The van der Waals surface area contributed by atoms with E-state index in [1.807, 2.05) is 4.40 Å². The average molecular weight is 429 g/mol. The Kier molecular flexibility index (Phi) is 4.76. The van der Waals surface area contributed by atoms with Crippen LogP contribution in [0.25, 0.3) is 26.1 Å². The highest BCUT2D eigenvalue weighted by Gasteiger charge is 2.25. The molecule has 4 heterocycles. The molecule has 1 aliphatic carbocycles. The van der Waals surface area contributed by atoms with E-state index in [4.69, 9.17) is 26.9 Å². The van der Waals surface area contributed by atoms with Crippen LogP contribution in [0, 0.1) is 10.7 Å². The van der Waals surface area contributed by atoms with Crippen LogP contribution in [-0.4, -0.2) is 44.8 Å². The van der Waals surface area contributed by atoms with E-state index in [2.05, 4.69) is 29.4 Å². The van der Waals surface area contributed by atoms with Gasteiger partial charge in [0.25, 0.3) is 0 Å². The number of hydrogen-bond donors (Lipinski definition) is 2. The van der Waals surface area contributed by atoms with E-state index in [9.17, 15) is 0 Å². The summed E-state index contributed by atoms with van der Waals surface area (Å²) in [6.07, 6.45) is 4.42. The first-order chi connectivity index (χ1) is 14.1. The summed E-state index contributed by atoms with van der Waals surface area (Å²) in [5.74, 6) is 1.28. The van der Waals surface area contributed by atoms with E-state index >= 15 is 0 Å². The monoisotopic (exact) mass is 428 g/mol. The van der Waals surface area contributed by atoms with Crippen LogP contribution in [0.15, 0.2) is 0 Å². The number of aromatic amines is 1. The van der Waals surface area contributed by atoms with Crippen molar-refractivity contribution in [1.29, 1.82) is 0 Å². The fourth-order valence-electron chi connectivity index (χ4n) is 4.29. The molecule has 4 aromatic rings. The van der Waals surface area contributed by atoms with Gasteiger partial charge in [0.1, 0.15) is 9.53 Å². The molecule has 5 rings (SSSR count). The van der Waals surface area contributed by atoms with E-state index in [0.29, 0.717) is 29.8 Å². The molecule has 0 atom stereocenters. The SMILES string of the molecule is COCCNc1nc2c(sc3nc(CC(C)C)c4c(c32)CCC4)c2n[nH]c(=S)n12. The summed E-state index contributed by atoms with van der Waals surface area (Å²) in [4.78, 5) is 11.2. The van der Waals surface area contributed by atoms with E-state index in [1.165, 1.54) is 28.6 Å². The van der Waals surface area contributed by atoms with Gasteiger partial charge in [0.2, 0.25) is 10.7 Å². The van der Waals surface area contributed by atoms with Crippen LogP contribution in [0.3, 0.4) is 0 Å². The third-order valence-electron chi connectivity index (χ3n) is 5.46. The molecule has 0 aliphatic heterocycles. The van der Waals surface area contributed by atoms with Gasteiger partial charge in [-0.05, 0) is 54.9 Å². The number of anilines is 1. The molecule has 0 fully saturated rings. The van der Waals surface area contributed by atoms with E-state index < -0.39 is 0 Å². The number of ether oxygens (including phenoxy) is 1. The van der Waals surface area contributed by atoms with Crippen molar-refractivity contribution in [2.24, 2.45) is 5.92 Å². The normalized spacial score (nSPS) is 13.9. The first kappa shape index (κ1) is 18.9. The van der Waals surface area contributed by atoms with Crippen LogP contribution < -0.4 is 5.32 Å². The van der Waals surface area contributed by atoms with Crippen LogP contribution in [0.4, 0.5) is 5.95 Å². The zero-order valence-electron chi connectivity index (χ0n) is 16.8. The fourth-order valence-corrected chi connectivity index (χ4v) is 5.65. The van der Waals surface area contributed by atoms with Crippen molar-refractivity contribution in [1.82, 2.24) is 24.6 Å². The lowest BCUT2D eigenvalue weighted by molar-refractivity contribution is 0.210. The van der Waals surface area contributed by atoms with Gasteiger partial charge < -0.3 is 10.1 Å². The average Bonchev–Trinajstić information content (AvgIpc) is 3.38. The molecule has 2 N–H and O–H groups in total. The number of aromatic nitrogens is 5. The van der Waals surface area contributed by atoms with Crippen molar-refractivity contribution in [3.05, 3.63) is 21.6 Å². The number of hydrogen-bond acceptors (Lipinski definition) is 7. The Morgan fingerprint density at radius 3 is 2.90 bits per heavy atom. The minimum atomic E-state index is 0.533. The summed E-state index contributed by atoms with van der Waals surface area (Å²) < 4.78 is 8.62. The minimum Gasteiger partial charge on any atom is -0.383 e. The lowest BCUT2D eigenvalue weighted by Gasteiger charge is -2.11. The maximum Gasteiger partial charge on any atom is 0.211 e. The molecule has 0 bridgehead atoms. The Balaban J connectivity index is 1.81. The number of fused-ring (bicyclic) bond motifs is 7. The summed E-state index contributed by atoms with van der Waals surface area (Å²) in [5, 5.41) is 12.0. The first-order valence-corrected chi connectivity index (χ1v) is 11.3. The lowest BCUT2D eigenvalue weighted by Crippen LogP contribution is -2.12. The first-order valence-electron chi connectivity index (χ1n) is 10.0. The Morgan fingerprint density at radius 2 is 2.10 bits per heavy atom. The van der Waals surface area contributed by atoms with Gasteiger partial charge in [-0.15, -0.1) is 11.3 Å². The van der Waals surface area contributed by atoms with Crippen LogP contribution >= 0.6 is 23.6 Å². The Labute approximate surface area is 177 Å². The molecule has 1 aliphatic rings. The standard InChI is InChI=1S/C20H24N6OS2/c1-10(2)9-13-11-5-4-6-12(11)14-15-16(29-18(14)22-13)17-24-25-20(28)26(17)19(23-15)21-7-8-27-3/h10H,4-9H2,1-3H3,(H,21,23)(H,25,28). The van der Waals surface area contributed by atoms with Crippen LogP contribution in [-0.2, 0) is 24.0 Å². The van der Waals surface area contributed by atoms with Crippen LogP contribution in [0.1, 0.15) is 37.1 Å². The van der Waals surface area contributed by atoms with Gasteiger partial charge in [-0.3, -0.25) is 5.10 Å². The molecule has 0 amide bonds. The number of thiophene rings is 1. The van der Waals surface area contributed by atoms with Crippen molar-refractivity contribution in [2.45, 2.75) is 39.5 Å². The second-order valence-electron chi connectivity index (χ2n) is 7.97. The van der Waals surface area contributed by atoms with Gasteiger partial charge in [-0.2, -0.15) is 5.10 Å². The predicted octanol–water partition coefficient (Wildman–Crippen LogP) is 4.30. The number of rotatable bonds is 6. The van der Waals surface area contributed by atoms with Gasteiger partial charge in [-0.25, -0.2) is 14.4 Å². The molecule has 7 nitrogen and oxygen atoms in total. The van der Waals surface area contributed by atoms with Gasteiger partial charge in [0.05, 0.1) is 12.1 Å². The summed E-state index contributed by atoms with van der Waals surface area (Å²) in [5.41, 5.74) is 5.93. The third-order valence-corrected chi connectivity index (χ3v) is 6.81. The minimum absolute atomic E-state index is 0.533. The zero-order valence-corrected chi connectivity index (χ0v) is 18.5. The van der Waals surface area contributed by atoms with E-state index in [-0.39, 0.29) is 0 Å². The molecular formula is C20H24N6OS2. The highest BCUT2D eigenvalue weighted by atomic mass is 32.1. The van der Waals surface area contributed by atoms with Crippen molar-refractivity contribution in [3.8, 4) is 0 Å². The highest BCUT2D eigenvalue weighted by molar-refractivity contribution is 7.71. The lowest BCUT2D eigenvalue weighted by atomic mass is 9.99. The van der Waals surface area contributed by atoms with Gasteiger partial charge in [0, 0.05) is 24.7 Å². The number of methoxy groups -OCH3 is 1. The van der Waals surface area contributed by atoms with Crippen LogP contribution in [0.2, 0.25) is 0 Å². The number of nitrogens with zero attached hydrogens (tertiary/aromatic N) is 4. The largest absolute Gasteiger partial charge is 0.383 e. The molecule has 0 spiro atoms. The molecule has 0 saturated carbocycles. The Hall–Kier alpha value is -2.10. The van der Waals surface area contributed by atoms with Crippen molar-refractivity contribution in [2.75, 3.05) is 25.6 Å². The molecule has 29 heavy (non-hydrogen) atoms. The molecule has 4 aromatic heterocycles.